The Morgan fingerprint density at radius 3 is 2.50 bits per heavy atom. The molecule has 5 heteroatoms. The lowest BCUT2D eigenvalue weighted by Crippen LogP contribution is -2.07. The molecule has 0 amide bonds. The van der Waals surface area contributed by atoms with E-state index in [0.29, 0.717) is 5.58 Å². The van der Waals surface area contributed by atoms with Crippen LogP contribution in [0.5, 0.6) is 0 Å². The van der Waals surface area contributed by atoms with Crippen LogP contribution in [0, 0.1) is 6.92 Å². The predicted octanol–water partition coefficient (Wildman–Crippen LogP) is 5.20. The lowest BCUT2D eigenvalue weighted by Gasteiger charge is -2.07. The van der Waals surface area contributed by atoms with Gasteiger partial charge in [0.2, 0.25) is 5.58 Å². The normalized spacial score (nSPS) is 11.1. The minimum Gasteiger partial charge on any atom is -0.367 e. The number of nitrogens with zero attached hydrogens (tertiary/aromatic N) is 3. The molecule has 1 N–H and O–H groups in total. The van der Waals surface area contributed by atoms with Crippen molar-refractivity contribution < 1.29 is 4.52 Å². The molecule has 0 bridgehead atoms. The molecule has 0 unspecified atom stereocenters. The van der Waals surface area contributed by atoms with Gasteiger partial charge in [-0.15, -0.1) is 0 Å². The highest BCUT2D eigenvalue weighted by atomic mass is 16.5. The Morgan fingerprint density at radius 1 is 0.964 bits per heavy atom. The van der Waals surface area contributed by atoms with Gasteiger partial charge in [-0.2, -0.15) is 0 Å². The molecule has 0 spiro atoms. The van der Waals surface area contributed by atoms with Gasteiger partial charge in [0.15, 0.2) is 5.82 Å². The summed E-state index contributed by atoms with van der Waals surface area (Å²) in [6.07, 6.45) is 2.79. The topological polar surface area (TPSA) is 63.8 Å². The maximum absolute atomic E-state index is 5.64. The molecule has 0 fully saturated rings. The van der Waals surface area contributed by atoms with Crippen molar-refractivity contribution in [2.24, 2.45) is 0 Å². The van der Waals surface area contributed by atoms with Crippen molar-refractivity contribution in [1.82, 2.24) is 15.1 Å². The first-order chi connectivity index (χ1) is 13.7. The van der Waals surface area contributed by atoms with Gasteiger partial charge in [-0.1, -0.05) is 72.2 Å². The van der Waals surface area contributed by atoms with Gasteiger partial charge in [0.1, 0.15) is 17.0 Å². The second kappa shape index (κ2) is 8.21. The molecule has 4 aromatic rings. The van der Waals surface area contributed by atoms with Crippen LogP contribution >= 0.6 is 0 Å². The minimum absolute atomic E-state index is 0.618. The van der Waals surface area contributed by atoms with Crippen LogP contribution in [0.4, 0.5) is 5.82 Å². The van der Waals surface area contributed by atoms with Gasteiger partial charge < -0.3 is 9.84 Å². The molecule has 4 rings (SSSR count). The highest BCUT2D eigenvalue weighted by Crippen LogP contribution is 2.30. The van der Waals surface area contributed by atoms with Crippen LogP contribution in [0.3, 0.4) is 0 Å². The van der Waals surface area contributed by atoms with Crippen molar-refractivity contribution in [3.05, 3.63) is 71.5 Å². The van der Waals surface area contributed by atoms with Crippen LogP contribution in [-0.2, 0) is 12.8 Å². The summed E-state index contributed by atoms with van der Waals surface area (Å²) in [5.41, 5.74) is 5.70. The summed E-state index contributed by atoms with van der Waals surface area (Å²) in [5.74, 6) is 1.51. The predicted molar refractivity (Wildman–Crippen MR) is 112 cm³/mol. The van der Waals surface area contributed by atoms with E-state index in [-0.39, 0.29) is 0 Å². The van der Waals surface area contributed by atoms with Gasteiger partial charge in [0.05, 0.1) is 0 Å². The number of aromatic nitrogens is 3. The van der Waals surface area contributed by atoms with E-state index in [1.54, 1.807) is 0 Å². The average Bonchev–Trinajstić information content (AvgIpc) is 3.16. The molecule has 2 aromatic heterocycles. The Bertz CT molecular complexity index is 1060. The molecular weight excluding hydrogens is 348 g/mol. The van der Waals surface area contributed by atoms with E-state index in [2.05, 4.69) is 70.7 Å². The van der Waals surface area contributed by atoms with E-state index in [0.717, 1.165) is 54.2 Å². The van der Waals surface area contributed by atoms with Crippen LogP contribution in [-0.4, -0.2) is 21.7 Å². The van der Waals surface area contributed by atoms with Gasteiger partial charge in [0.25, 0.3) is 0 Å². The van der Waals surface area contributed by atoms with Crippen molar-refractivity contribution in [3.63, 3.8) is 0 Å². The fourth-order valence-electron chi connectivity index (χ4n) is 3.20. The van der Waals surface area contributed by atoms with Crippen LogP contribution in [0.1, 0.15) is 30.3 Å². The van der Waals surface area contributed by atoms with Crippen LogP contribution in [0.25, 0.3) is 22.4 Å². The molecule has 2 aromatic carbocycles. The fourth-order valence-corrected chi connectivity index (χ4v) is 3.20. The lowest BCUT2D eigenvalue weighted by molar-refractivity contribution is 0.459. The standard InChI is InChI=1S/C23H24N4O/c1-3-19-25-21-20(18-13-11-16(2)12-14-18)27-28-22(21)23(26-19)24-15-7-10-17-8-5-4-6-9-17/h4-6,8-9,11-14H,3,7,10,15H2,1-2H3,(H,24,25,26). The third-order valence-electron chi connectivity index (χ3n) is 4.78. The Hall–Kier alpha value is -3.21. The van der Waals surface area contributed by atoms with Crippen molar-refractivity contribution in [3.8, 4) is 11.3 Å². The average molecular weight is 372 g/mol. The van der Waals surface area contributed by atoms with Gasteiger partial charge >= 0.3 is 0 Å². The molecule has 2 heterocycles. The van der Waals surface area contributed by atoms with E-state index in [1.807, 2.05) is 18.2 Å². The quantitative estimate of drug-likeness (QED) is 0.452. The second-order valence-corrected chi connectivity index (χ2v) is 6.93. The molecule has 0 aliphatic heterocycles. The molecule has 0 radical (unpaired) electrons. The zero-order valence-electron chi connectivity index (χ0n) is 16.3. The number of hydrogen-bond acceptors (Lipinski definition) is 5. The molecule has 28 heavy (non-hydrogen) atoms. The van der Waals surface area contributed by atoms with E-state index in [1.165, 1.54) is 11.1 Å². The monoisotopic (exact) mass is 372 g/mol. The van der Waals surface area contributed by atoms with Gasteiger partial charge in [-0.25, -0.2) is 9.97 Å². The van der Waals surface area contributed by atoms with Crippen molar-refractivity contribution in [1.29, 1.82) is 0 Å². The minimum atomic E-state index is 0.618. The SMILES string of the molecule is CCc1nc(NCCCc2ccccc2)c2onc(-c3ccc(C)cc3)c2n1. The third-order valence-corrected chi connectivity index (χ3v) is 4.78. The number of aryl methyl sites for hydroxylation is 3. The third kappa shape index (κ3) is 3.88. The van der Waals surface area contributed by atoms with Gasteiger partial charge in [0, 0.05) is 18.5 Å². The maximum atomic E-state index is 5.64. The zero-order chi connectivity index (χ0) is 19.3. The molecule has 0 saturated heterocycles. The summed E-state index contributed by atoms with van der Waals surface area (Å²) in [7, 11) is 0. The van der Waals surface area contributed by atoms with Crippen LogP contribution in [0.15, 0.2) is 59.1 Å². The number of anilines is 1. The first-order valence-electron chi connectivity index (χ1n) is 9.75. The molecule has 0 saturated carbocycles. The maximum Gasteiger partial charge on any atom is 0.228 e. The number of nitrogens with one attached hydrogen (secondary N) is 1. The summed E-state index contributed by atoms with van der Waals surface area (Å²) in [6, 6.07) is 18.7. The summed E-state index contributed by atoms with van der Waals surface area (Å²) in [4.78, 5) is 9.31. The van der Waals surface area contributed by atoms with Gasteiger partial charge in [-0.05, 0) is 25.3 Å². The fraction of sp³-hybridized carbons (Fsp3) is 0.261. The Balaban J connectivity index is 1.56. The van der Waals surface area contributed by atoms with Crippen molar-refractivity contribution in [2.45, 2.75) is 33.1 Å². The first-order valence-corrected chi connectivity index (χ1v) is 9.75. The summed E-state index contributed by atoms with van der Waals surface area (Å²) >= 11 is 0. The largest absolute Gasteiger partial charge is 0.367 e. The Labute approximate surface area is 164 Å². The van der Waals surface area contributed by atoms with Crippen LogP contribution < -0.4 is 5.32 Å². The van der Waals surface area contributed by atoms with Crippen LogP contribution in [0.2, 0.25) is 0 Å². The molecule has 0 atom stereocenters. The summed E-state index contributed by atoms with van der Waals surface area (Å²) < 4.78 is 5.64. The molecule has 5 nitrogen and oxygen atoms in total. The second-order valence-electron chi connectivity index (χ2n) is 6.93. The lowest BCUT2D eigenvalue weighted by atomic mass is 10.1. The first kappa shape index (κ1) is 18.2. The number of rotatable bonds is 7. The van der Waals surface area contributed by atoms with E-state index in [9.17, 15) is 0 Å². The summed E-state index contributed by atoms with van der Waals surface area (Å²) in [6.45, 7) is 4.93. The van der Waals surface area contributed by atoms with Gasteiger partial charge in [-0.3, -0.25) is 0 Å². The Kier molecular flexibility index (Phi) is 5.33. The number of hydrogen-bond donors (Lipinski definition) is 1. The number of fused-ring (bicyclic) bond motifs is 1. The number of benzene rings is 2. The molecule has 0 aliphatic carbocycles. The van der Waals surface area contributed by atoms with Crippen molar-refractivity contribution >= 4 is 16.9 Å². The van der Waals surface area contributed by atoms with E-state index >= 15 is 0 Å². The van der Waals surface area contributed by atoms with E-state index in [4.69, 9.17) is 4.52 Å². The molecular formula is C23H24N4O. The smallest absolute Gasteiger partial charge is 0.228 e. The highest BCUT2D eigenvalue weighted by Gasteiger charge is 2.17. The van der Waals surface area contributed by atoms with E-state index < -0.39 is 0 Å². The zero-order valence-corrected chi connectivity index (χ0v) is 16.3. The van der Waals surface area contributed by atoms with Crippen molar-refractivity contribution in [2.75, 3.05) is 11.9 Å². The molecule has 142 valence electrons. The Morgan fingerprint density at radius 2 is 1.75 bits per heavy atom. The highest BCUT2D eigenvalue weighted by molar-refractivity contribution is 5.93. The summed E-state index contributed by atoms with van der Waals surface area (Å²) in [5, 5.41) is 7.71. The molecule has 0 aliphatic rings.